The van der Waals surface area contributed by atoms with Gasteiger partial charge in [-0.15, -0.1) is 0 Å². The van der Waals surface area contributed by atoms with E-state index in [0.29, 0.717) is 0 Å². The fourth-order valence-corrected chi connectivity index (χ4v) is 4.32. The molecule has 0 nitrogen and oxygen atoms in total. The molecule has 0 aromatic heterocycles. The highest BCUT2D eigenvalue weighted by Gasteiger charge is 2.29. The van der Waals surface area contributed by atoms with Crippen LogP contribution in [0, 0.1) is 29.6 Å². The molecule has 0 aromatic carbocycles. The molecular weight excluding hydrogens is 204 g/mol. The van der Waals surface area contributed by atoms with E-state index in [0.717, 1.165) is 29.6 Å². The highest BCUT2D eigenvalue weighted by Crippen LogP contribution is 2.42. The normalized spacial score (nSPS) is 39.5. The van der Waals surface area contributed by atoms with Crippen LogP contribution in [-0.4, -0.2) is 0 Å². The first-order chi connectivity index (χ1) is 8.15. The van der Waals surface area contributed by atoms with Gasteiger partial charge in [-0.1, -0.05) is 46.5 Å². The van der Waals surface area contributed by atoms with Gasteiger partial charge in [0.2, 0.25) is 0 Å². The Morgan fingerprint density at radius 2 is 1.24 bits per heavy atom. The van der Waals surface area contributed by atoms with E-state index in [9.17, 15) is 0 Å². The van der Waals surface area contributed by atoms with E-state index in [1.165, 1.54) is 32.1 Å². The molecule has 0 aliphatic heterocycles. The van der Waals surface area contributed by atoms with Gasteiger partial charge in [0.05, 0.1) is 0 Å². The van der Waals surface area contributed by atoms with Gasteiger partial charge in [0.15, 0.2) is 0 Å². The van der Waals surface area contributed by atoms with Crippen molar-refractivity contribution in [1.29, 1.82) is 0 Å². The van der Waals surface area contributed by atoms with Gasteiger partial charge in [0.25, 0.3) is 0 Å². The number of hydrogen-bond acceptors (Lipinski definition) is 0. The molecule has 100 valence electrons. The van der Waals surface area contributed by atoms with Crippen LogP contribution in [0.2, 0.25) is 0 Å². The van der Waals surface area contributed by atoms with E-state index in [1.54, 1.807) is 25.7 Å². The predicted molar refractivity (Wildman–Crippen MR) is 76.0 cm³/mol. The molecule has 0 saturated heterocycles. The highest BCUT2D eigenvalue weighted by molar-refractivity contribution is 4.81. The molecule has 0 unspecified atom stereocenters. The van der Waals surface area contributed by atoms with E-state index in [1.807, 2.05) is 0 Å². The molecule has 0 heteroatoms. The summed E-state index contributed by atoms with van der Waals surface area (Å²) in [5.74, 6) is 5.20. The van der Waals surface area contributed by atoms with Crippen LogP contribution in [0.4, 0.5) is 0 Å². The minimum Gasteiger partial charge on any atom is -0.0628 e. The number of hydrogen-bond donors (Lipinski definition) is 0. The molecule has 0 radical (unpaired) electrons. The third-order valence-corrected chi connectivity index (χ3v) is 5.42. The Bertz CT molecular complexity index is 202. The summed E-state index contributed by atoms with van der Waals surface area (Å²) in [5, 5.41) is 0. The molecule has 0 spiro atoms. The molecule has 0 N–H and O–H groups in total. The maximum Gasteiger partial charge on any atom is -0.0386 e. The molecule has 2 aliphatic rings. The van der Waals surface area contributed by atoms with Crippen LogP contribution in [0.3, 0.4) is 0 Å². The predicted octanol–water partition coefficient (Wildman–Crippen LogP) is 5.67. The Hall–Kier alpha value is 0. The van der Waals surface area contributed by atoms with E-state index >= 15 is 0 Å². The van der Waals surface area contributed by atoms with Gasteiger partial charge >= 0.3 is 0 Å². The standard InChI is InChI=1S/C17H32/c1-13(2)12-15-6-10-17(11-7-15)16-8-4-14(3)5-9-16/h13-17H,4-12H2,1-3H3. The van der Waals surface area contributed by atoms with Crippen molar-refractivity contribution in [3.05, 3.63) is 0 Å². The zero-order chi connectivity index (χ0) is 12.3. The van der Waals surface area contributed by atoms with Gasteiger partial charge < -0.3 is 0 Å². The molecule has 2 saturated carbocycles. The minimum atomic E-state index is 0.909. The molecule has 2 fully saturated rings. The Morgan fingerprint density at radius 3 is 1.71 bits per heavy atom. The fourth-order valence-electron chi connectivity index (χ4n) is 4.32. The van der Waals surface area contributed by atoms with Crippen LogP contribution in [0.25, 0.3) is 0 Å². The zero-order valence-electron chi connectivity index (χ0n) is 12.3. The minimum absolute atomic E-state index is 0.909. The lowest BCUT2D eigenvalue weighted by molar-refractivity contribution is 0.143. The summed E-state index contributed by atoms with van der Waals surface area (Å²) in [6.45, 7) is 7.21. The Kier molecular flexibility index (Phi) is 4.94. The molecule has 0 amide bonds. The summed E-state index contributed by atoms with van der Waals surface area (Å²) >= 11 is 0. The van der Waals surface area contributed by atoms with Crippen molar-refractivity contribution < 1.29 is 0 Å². The second-order valence-electron chi connectivity index (χ2n) is 7.43. The van der Waals surface area contributed by atoms with Crippen molar-refractivity contribution in [2.45, 2.75) is 78.6 Å². The second kappa shape index (κ2) is 6.25. The van der Waals surface area contributed by atoms with Crippen molar-refractivity contribution in [2.75, 3.05) is 0 Å². The molecule has 2 rings (SSSR count). The van der Waals surface area contributed by atoms with Crippen LogP contribution >= 0.6 is 0 Å². The van der Waals surface area contributed by atoms with E-state index < -0.39 is 0 Å². The van der Waals surface area contributed by atoms with Crippen LogP contribution in [0.5, 0.6) is 0 Å². The monoisotopic (exact) mass is 236 g/mol. The third-order valence-electron chi connectivity index (χ3n) is 5.42. The average Bonchev–Trinajstić information content (AvgIpc) is 2.30. The van der Waals surface area contributed by atoms with Crippen LogP contribution < -0.4 is 0 Å². The fraction of sp³-hybridized carbons (Fsp3) is 1.00. The summed E-state index contributed by atoms with van der Waals surface area (Å²) < 4.78 is 0. The summed E-state index contributed by atoms with van der Waals surface area (Å²) in [7, 11) is 0. The highest BCUT2D eigenvalue weighted by atomic mass is 14.3. The molecular formula is C17H32. The van der Waals surface area contributed by atoms with E-state index in [-0.39, 0.29) is 0 Å². The van der Waals surface area contributed by atoms with Crippen LogP contribution in [0.15, 0.2) is 0 Å². The topological polar surface area (TPSA) is 0 Å². The molecule has 2 aliphatic carbocycles. The maximum atomic E-state index is 2.44. The summed E-state index contributed by atoms with van der Waals surface area (Å²) in [5.41, 5.74) is 0. The quantitative estimate of drug-likeness (QED) is 0.592. The van der Waals surface area contributed by atoms with Gasteiger partial charge in [-0.2, -0.15) is 0 Å². The van der Waals surface area contributed by atoms with Gasteiger partial charge in [-0.25, -0.2) is 0 Å². The van der Waals surface area contributed by atoms with Crippen molar-refractivity contribution in [1.82, 2.24) is 0 Å². The summed E-state index contributed by atoms with van der Waals surface area (Å²) in [6, 6.07) is 0. The van der Waals surface area contributed by atoms with Crippen molar-refractivity contribution in [3.63, 3.8) is 0 Å². The van der Waals surface area contributed by atoms with E-state index in [4.69, 9.17) is 0 Å². The van der Waals surface area contributed by atoms with Crippen LogP contribution in [-0.2, 0) is 0 Å². The molecule has 0 bridgehead atoms. The lowest BCUT2D eigenvalue weighted by Gasteiger charge is -2.37. The Morgan fingerprint density at radius 1 is 0.765 bits per heavy atom. The first-order valence-corrected chi connectivity index (χ1v) is 8.15. The Balaban J connectivity index is 1.71. The van der Waals surface area contributed by atoms with Gasteiger partial charge in [-0.05, 0) is 61.7 Å². The zero-order valence-corrected chi connectivity index (χ0v) is 12.3. The van der Waals surface area contributed by atoms with Crippen molar-refractivity contribution in [2.24, 2.45) is 29.6 Å². The molecule has 0 heterocycles. The number of rotatable bonds is 3. The first kappa shape index (κ1) is 13.4. The Labute approximate surface area is 109 Å². The molecule has 0 atom stereocenters. The molecule has 17 heavy (non-hydrogen) atoms. The lowest BCUT2D eigenvalue weighted by atomic mass is 9.68. The van der Waals surface area contributed by atoms with Crippen molar-refractivity contribution in [3.8, 4) is 0 Å². The van der Waals surface area contributed by atoms with Gasteiger partial charge in [-0.3, -0.25) is 0 Å². The van der Waals surface area contributed by atoms with Crippen LogP contribution in [0.1, 0.15) is 78.6 Å². The third kappa shape index (κ3) is 4.00. The summed E-state index contributed by atoms with van der Waals surface area (Å²) in [4.78, 5) is 0. The van der Waals surface area contributed by atoms with Crippen molar-refractivity contribution >= 4 is 0 Å². The summed E-state index contributed by atoms with van der Waals surface area (Å²) in [6.07, 6.45) is 13.8. The van der Waals surface area contributed by atoms with E-state index in [2.05, 4.69) is 20.8 Å². The second-order valence-corrected chi connectivity index (χ2v) is 7.43. The lowest BCUT2D eigenvalue weighted by Crippen LogP contribution is -2.25. The largest absolute Gasteiger partial charge is 0.0628 e. The SMILES string of the molecule is CC(C)CC1CCC(C2CCC(C)CC2)CC1. The average molecular weight is 236 g/mol. The van der Waals surface area contributed by atoms with Gasteiger partial charge in [0.1, 0.15) is 0 Å². The maximum absolute atomic E-state index is 2.44. The molecule has 0 aromatic rings. The first-order valence-electron chi connectivity index (χ1n) is 8.15. The smallest absolute Gasteiger partial charge is 0.0386 e. The van der Waals surface area contributed by atoms with Gasteiger partial charge in [0, 0.05) is 0 Å².